The lowest BCUT2D eigenvalue weighted by Gasteiger charge is -2.20. The van der Waals surface area contributed by atoms with Gasteiger partial charge in [0.15, 0.2) is 0 Å². The van der Waals surface area contributed by atoms with Crippen LogP contribution in [0.3, 0.4) is 0 Å². The minimum Gasteiger partial charge on any atom is -0.469 e. The maximum absolute atomic E-state index is 11.5. The summed E-state index contributed by atoms with van der Waals surface area (Å²) in [5.41, 5.74) is 1.80. The Morgan fingerprint density at radius 3 is 2.86 bits per heavy atom. The largest absolute Gasteiger partial charge is 0.469 e. The van der Waals surface area contributed by atoms with Crippen molar-refractivity contribution in [2.24, 2.45) is 0 Å². The summed E-state index contributed by atoms with van der Waals surface area (Å²) in [6.45, 7) is 0. The van der Waals surface area contributed by atoms with Crippen LogP contribution < -0.4 is 0 Å². The first-order valence-corrected chi connectivity index (χ1v) is 7.59. The van der Waals surface area contributed by atoms with Gasteiger partial charge in [-0.2, -0.15) is 0 Å². The summed E-state index contributed by atoms with van der Waals surface area (Å²) in [7, 11) is 1.41. The van der Waals surface area contributed by atoms with Gasteiger partial charge in [0.25, 0.3) is 0 Å². The van der Waals surface area contributed by atoms with E-state index in [1.165, 1.54) is 39.2 Å². The second-order valence-corrected chi connectivity index (χ2v) is 5.67. The lowest BCUT2D eigenvalue weighted by molar-refractivity contribution is -0.139. The van der Waals surface area contributed by atoms with E-state index in [1.807, 2.05) is 24.4 Å². The highest BCUT2D eigenvalue weighted by molar-refractivity contribution is 5.85. The second kappa shape index (κ2) is 6.20. The van der Waals surface area contributed by atoms with Gasteiger partial charge >= 0.3 is 5.97 Å². The maximum Gasteiger partial charge on any atom is 0.310 e. The van der Waals surface area contributed by atoms with Crippen molar-refractivity contribution in [1.29, 1.82) is 0 Å². The Labute approximate surface area is 124 Å². The molecule has 0 amide bonds. The normalized spacial score (nSPS) is 16.0. The predicted molar refractivity (Wildman–Crippen MR) is 81.1 cm³/mol. The maximum atomic E-state index is 11.5. The van der Waals surface area contributed by atoms with E-state index in [0.29, 0.717) is 5.92 Å². The number of fused-ring (bicyclic) bond motifs is 1. The van der Waals surface area contributed by atoms with Crippen LogP contribution in [-0.2, 0) is 16.0 Å². The molecule has 2 aromatic rings. The van der Waals surface area contributed by atoms with Crippen molar-refractivity contribution in [1.82, 2.24) is 9.97 Å². The van der Waals surface area contributed by atoms with E-state index in [1.54, 1.807) is 0 Å². The van der Waals surface area contributed by atoms with Crippen LogP contribution in [0.15, 0.2) is 24.4 Å². The van der Waals surface area contributed by atoms with Crippen LogP contribution in [0.25, 0.3) is 10.9 Å². The minimum atomic E-state index is -0.236. The smallest absolute Gasteiger partial charge is 0.310 e. The number of rotatable bonds is 3. The number of methoxy groups -OCH3 is 1. The monoisotopic (exact) mass is 284 g/mol. The fourth-order valence-electron chi connectivity index (χ4n) is 3.06. The van der Waals surface area contributed by atoms with Crippen LogP contribution in [0.5, 0.6) is 0 Å². The summed E-state index contributed by atoms with van der Waals surface area (Å²) in [6, 6.07) is 5.86. The molecule has 1 aromatic heterocycles. The highest BCUT2D eigenvalue weighted by Gasteiger charge is 2.19. The van der Waals surface area contributed by atoms with Gasteiger partial charge in [-0.3, -0.25) is 4.79 Å². The third kappa shape index (κ3) is 3.04. The summed E-state index contributed by atoms with van der Waals surface area (Å²) in [6.07, 6.45) is 8.32. The highest BCUT2D eigenvalue weighted by atomic mass is 16.5. The molecule has 1 saturated carbocycles. The average molecular weight is 284 g/mol. The molecular weight excluding hydrogens is 264 g/mol. The fourth-order valence-corrected chi connectivity index (χ4v) is 3.06. The number of aromatic nitrogens is 2. The van der Waals surface area contributed by atoms with Crippen LogP contribution in [0.4, 0.5) is 0 Å². The molecule has 21 heavy (non-hydrogen) atoms. The first kappa shape index (κ1) is 14.0. The molecule has 1 aliphatic rings. The number of hydrogen-bond donors (Lipinski definition) is 0. The Kier molecular flexibility index (Phi) is 4.13. The molecule has 1 fully saturated rings. The number of hydrogen-bond acceptors (Lipinski definition) is 4. The van der Waals surface area contributed by atoms with Crippen LogP contribution in [0.1, 0.15) is 49.4 Å². The molecule has 4 nitrogen and oxygen atoms in total. The average Bonchev–Trinajstić information content (AvgIpc) is 2.55. The zero-order chi connectivity index (χ0) is 14.7. The van der Waals surface area contributed by atoms with E-state index in [-0.39, 0.29) is 12.4 Å². The van der Waals surface area contributed by atoms with E-state index in [2.05, 4.69) is 4.98 Å². The minimum absolute atomic E-state index is 0.236. The Morgan fingerprint density at radius 2 is 2.10 bits per heavy atom. The second-order valence-electron chi connectivity index (χ2n) is 5.67. The van der Waals surface area contributed by atoms with Gasteiger partial charge in [-0.1, -0.05) is 37.5 Å². The van der Waals surface area contributed by atoms with Crippen LogP contribution >= 0.6 is 0 Å². The molecule has 1 aromatic carbocycles. The molecule has 0 saturated heterocycles. The van der Waals surface area contributed by atoms with Crippen molar-refractivity contribution < 1.29 is 9.53 Å². The van der Waals surface area contributed by atoms with Crippen molar-refractivity contribution >= 4 is 16.9 Å². The van der Waals surface area contributed by atoms with Gasteiger partial charge in [-0.15, -0.1) is 0 Å². The molecule has 1 aliphatic carbocycles. The molecule has 0 atom stereocenters. The van der Waals surface area contributed by atoms with Crippen LogP contribution in [0.2, 0.25) is 0 Å². The van der Waals surface area contributed by atoms with Crippen molar-refractivity contribution in [2.75, 3.05) is 7.11 Å². The fraction of sp³-hybridized carbons (Fsp3) is 0.471. The molecule has 4 heteroatoms. The third-order valence-electron chi connectivity index (χ3n) is 4.25. The standard InChI is InChI=1S/C17H20N2O2/c1-21-15(20)10-13-8-5-9-14-11-18-17(19-16(13)14)12-6-3-2-4-7-12/h5,8-9,11-12H,2-4,6-7,10H2,1H3. The topological polar surface area (TPSA) is 52.1 Å². The first-order valence-electron chi connectivity index (χ1n) is 7.59. The summed E-state index contributed by atoms with van der Waals surface area (Å²) >= 11 is 0. The van der Waals surface area contributed by atoms with Gasteiger partial charge in [0.05, 0.1) is 19.0 Å². The quantitative estimate of drug-likeness (QED) is 0.811. The van der Waals surface area contributed by atoms with Crippen LogP contribution in [-0.4, -0.2) is 23.0 Å². The Bertz CT molecular complexity index is 648. The molecular formula is C17H20N2O2. The van der Waals surface area contributed by atoms with Crippen molar-refractivity contribution in [3.63, 3.8) is 0 Å². The summed E-state index contributed by atoms with van der Waals surface area (Å²) < 4.78 is 4.77. The van der Waals surface area contributed by atoms with Crippen molar-refractivity contribution in [2.45, 2.75) is 44.4 Å². The first-order chi connectivity index (χ1) is 10.3. The summed E-state index contributed by atoms with van der Waals surface area (Å²) in [4.78, 5) is 20.9. The molecule has 0 spiro atoms. The third-order valence-corrected chi connectivity index (χ3v) is 4.25. The summed E-state index contributed by atoms with van der Waals surface area (Å²) in [5, 5.41) is 0.982. The molecule has 0 N–H and O–H groups in total. The molecule has 3 rings (SSSR count). The van der Waals surface area contributed by atoms with E-state index in [0.717, 1.165) is 22.3 Å². The summed E-state index contributed by atoms with van der Waals surface area (Å²) in [5.74, 6) is 1.16. The Morgan fingerprint density at radius 1 is 1.29 bits per heavy atom. The number of para-hydroxylation sites is 1. The Balaban J connectivity index is 1.97. The number of esters is 1. The van der Waals surface area contributed by atoms with E-state index in [4.69, 9.17) is 9.72 Å². The molecule has 110 valence electrons. The van der Waals surface area contributed by atoms with Gasteiger partial charge in [-0.25, -0.2) is 9.97 Å². The van der Waals surface area contributed by atoms with Gasteiger partial charge in [-0.05, 0) is 18.4 Å². The van der Waals surface area contributed by atoms with E-state index < -0.39 is 0 Å². The lowest BCUT2D eigenvalue weighted by atomic mass is 9.88. The van der Waals surface area contributed by atoms with Gasteiger partial charge in [0.1, 0.15) is 5.82 Å². The molecule has 0 bridgehead atoms. The molecule has 1 heterocycles. The number of nitrogens with zero attached hydrogens (tertiary/aromatic N) is 2. The molecule has 0 unspecified atom stereocenters. The van der Waals surface area contributed by atoms with E-state index in [9.17, 15) is 4.79 Å². The van der Waals surface area contributed by atoms with Crippen molar-refractivity contribution in [3.05, 3.63) is 35.8 Å². The predicted octanol–water partition coefficient (Wildman–Crippen LogP) is 3.39. The molecule has 0 radical (unpaired) electrons. The number of carbonyl (C=O) groups excluding carboxylic acids is 1. The zero-order valence-corrected chi connectivity index (χ0v) is 12.3. The van der Waals surface area contributed by atoms with Crippen LogP contribution in [0, 0.1) is 0 Å². The number of ether oxygens (including phenoxy) is 1. The van der Waals surface area contributed by atoms with E-state index >= 15 is 0 Å². The van der Waals surface area contributed by atoms with Gasteiger partial charge in [0, 0.05) is 17.5 Å². The Hall–Kier alpha value is -1.97. The number of benzene rings is 1. The lowest BCUT2D eigenvalue weighted by Crippen LogP contribution is -2.10. The van der Waals surface area contributed by atoms with Gasteiger partial charge < -0.3 is 4.74 Å². The highest BCUT2D eigenvalue weighted by Crippen LogP contribution is 2.31. The van der Waals surface area contributed by atoms with Crippen molar-refractivity contribution in [3.8, 4) is 0 Å². The zero-order valence-electron chi connectivity index (χ0n) is 12.3. The SMILES string of the molecule is COC(=O)Cc1cccc2cnc(C3CCCCC3)nc12. The molecule has 0 aliphatic heterocycles. The van der Waals surface area contributed by atoms with Gasteiger partial charge in [0.2, 0.25) is 0 Å². The number of carbonyl (C=O) groups is 1.